The van der Waals surface area contributed by atoms with E-state index in [9.17, 15) is 23.5 Å². The number of carbonyl (C=O) groups is 3. The normalized spacial score (nSPS) is 13.9. The minimum atomic E-state index is -5.77. The van der Waals surface area contributed by atoms with E-state index in [0.717, 1.165) is 0 Å². The molecule has 0 amide bonds. The number of hydrogen-bond donors (Lipinski definition) is 6. The molecule has 0 aromatic heterocycles. The molecule has 23 heavy (non-hydrogen) atoms. The second-order valence-corrected chi connectivity index (χ2v) is 6.33. The molecule has 132 valence electrons. The van der Waals surface area contributed by atoms with Gasteiger partial charge in [0, 0.05) is 17.1 Å². The molecule has 0 aromatic carbocycles. The van der Waals surface area contributed by atoms with Crippen molar-refractivity contribution in [2.24, 2.45) is 0 Å². The zero-order valence-corrected chi connectivity index (χ0v) is 13.1. The monoisotopic (exact) mass is 432 g/mol. The third-order valence-electron chi connectivity index (χ3n) is 1.76. The molecule has 0 aliphatic carbocycles. The summed E-state index contributed by atoms with van der Waals surface area (Å²) in [4.78, 5) is 57.9. The second kappa shape index (κ2) is 10.2. The topological polar surface area (TPSA) is 225 Å². The van der Waals surface area contributed by atoms with Gasteiger partial charge in [0.05, 0.1) is 12.8 Å². The summed E-state index contributed by atoms with van der Waals surface area (Å²) in [5.74, 6) is -6.07. The van der Waals surface area contributed by atoms with E-state index < -0.39 is 52.0 Å². The molecule has 17 heteroatoms. The molecule has 1 unspecified atom stereocenters. The first-order chi connectivity index (χ1) is 9.19. The molecular weight excluding hydrogens is 421 g/mol. The average molecular weight is 432 g/mol. The van der Waals surface area contributed by atoms with Crippen LogP contribution in [0, 0.1) is 0 Å². The SMILES string of the molecule is O=C(O)CC(CC(=O)O)(OP(=O)(O)OP(=O)(O)O)C(=O)O.[Fe].[NaH]. The molecule has 1 atom stereocenters. The Labute approximate surface area is 160 Å². The van der Waals surface area contributed by atoms with Crippen LogP contribution in [-0.4, -0.2) is 83.1 Å². The fraction of sp³-hybridized carbons (Fsp3) is 0.500. The second-order valence-electron chi connectivity index (χ2n) is 3.57. The fourth-order valence-corrected chi connectivity index (χ4v) is 3.04. The van der Waals surface area contributed by atoms with E-state index >= 15 is 0 Å². The summed E-state index contributed by atoms with van der Waals surface area (Å²) in [6.07, 6.45) is -3.16. The van der Waals surface area contributed by atoms with Crippen molar-refractivity contribution in [3.63, 3.8) is 0 Å². The maximum atomic E-state index is 11.3. The maximum absolute atomic E-state index is 11.3. The fourth-order valence-electron chi connectivity index (χ4n) is 1.18. The Bertz CT molecular complexity index is 527. The molecule has 0 heterocycles. The first kappa shape index (κ1) is 28.0. The first-order valence-electron chi connectivity index (χ1n) is 4.66. The summed E-state index contributed by atoms with van der Waals surface area (Å²) >= 11 is 0. The van der Waals surface area contributed by atoms with Crippen molar-refractivity contribution < 1.29 is 79.4 Å². The van der Waals surface area contributed by atoms with Gasteiger partial charge in [-0.1, -0.05) is 0 Å². The van der Waals surface area contributed by atoms with Crippen molar-refractivity contribution in [3.05, 3.63) is 0 Å². The van der Waals surface area contributed by atoms with E-state index in [4.69, 9.17) is 30.0 Å². The third kappa shape index (κ3) is 11.4. The number of hydrogen-bond acceptors (Lipinski definition) is 7. The molecule has 0 aromatic rings. The molecule has 0 radical (unpaired) electrons. The van der Waals surface area contributed by atoms with Gasteiger partial charge in [0.1, 0.15) is 0 Å². The van der Waals surface area contributed by atoms with Crippen LogP contribution in [0.25, 0.3) is 0 Å². The number of phosphoric acid groups is 2. The van der Waals surface area contributed by atoms with Crippen LogP contribution < -0.4 is 0 Å². The van der Waals surface area contributed by atoms with Crippen LogP contribution >= 0.6 is 15.6 Å². The Kier molecular flexibility index (Phi) is 12.5. The number of aliphatic carboxylic acids is 3. The number of rotatable bonds is 9. The van der Waals surface area contributed by atoms with Crippen molar-refractivity contribution >= 4 is 63.1 Å². The Hall–Kier alpha value is 0.189. The van der Waals surface area contributed by atoms with Crippen molar-refractivity contribution in [1.29, 1.82) is 0 Å². The standard InChI is InChI=1S/C6H10O13P2.Fe.Na.H/c7-3(8)1-6(5(11)12,2-4(9)10)18-21(16,17)19-20(13,14)15;;;/h1-2H2,(H,7,8)(H,9,10)(H,11,12)(H,16,17)(H2,13,14,15);;;. The van der Waals surface area contributed by atoms with Gasteiger partial charge in [0.2, 0.25) is 0 Å². The molecule has 0 saturated carbocycles. The quantitative estimate of drug-likeness (QED) is 0.177. The van der Waals surface area contributed by atoms with Gasteiger partial charge in [-0.2, -0.15) is 4.31 Å². The Morgan fingerprint density at radius 3 is 1.48 bits per heavy atom. The molecule has 0 aliphatic heterocycles. The Balaban J connectivity index is -0.00000200. The van der Waals surface area contributed by atoms with Crippen LogP contribution in [0.15, 0.2) is 0 Å². The zero-order valence-electron chi connectivity index (χ0n) is 10.2. The predicted octanol–water partition coefficient (Wildman–Crippen LogP) is -1.67. The summed E-state index contributed by atoms with van der Waals surface area (Å²) in [7, 11) is -11.4. The van der Waals surface area contributed by atoms with E-state index in [0.29, 0.717) is 0 Å². The molecule has 13 nitrogen and oxygen atoms in total. The minimum absolute atomic E-state index is 0. The van der Waals surface area contributed by atoms with Crippen molar-refractivity contribution in [3.8, 4) is 0 Å². The summed E-state index contributed by atoms with van der Waals surface area (Å²) in [5, 5.41) is 25.9. The summed E-state index contributed by atoms with van der Waals surface area (Å²) in [6, 6.07) is 0. The van der Waals surface area contributed by atoms with Gasteiger partial charge in [-0.15, -0.1) is 0 Å². The van der Waals surface area contributed by atoms with Crippen LogP contribution in [0.1, 0.15) is 12.8 Å². The van der Waals surface area contributed by atoms with E-state index in [2.05, 4.69) is 8.83 Å². The van der Waals surface area contributed by atoms with Crippen molar-refractivity contribution in [1.82, 2.24) is 0 Å². The van der Waals surface area contributed by atoms with E-state index in [1.807, 2.05) is 0 Å². The van der Waals surface area contributed by atoms with Crippen LogP contribution in [-0.2, 0) is 49.4 Å². The Morgan fingerprint density at radius 2 is 1.26 bits per heavy atom. The van der Waals surface area contributed by atoms with Gasteiger partial charge >= 0.3 is 63.1 Å². The molecule has 6 N–H and O–H groups in total. The molecule has 0 saturated heterocycles. The summed E-state index contributed by atoms with van der Waals surface area (Å²) in [5.41, 5.74) is -3.27. The third-order valence-corrected chi connectivity index (χ3v) is 4.02. The van der Waals surface area contributed by atoms with Gasteiger partial charge in [-0.05, 0) is 0 Å². The van der Waals surface area contributed by atoms with Gasteiger partial charge in [0.25, 0.3) is 0 Å². The van der Waals surface area contributed by atoms with Gasteiger partial charge in [-0.3, -0.25) is 14.1 Å². The van der Waals surface area contributed by atoms with E-state index in [1.54, 1.807) is 0 Å². The zero-order chi connectivity index (χ0) is 17.1. The van der Waals surface area contributed by atoms with E-state index in [-0.39, 0.29) is 46.6 Å². The van der Waals surface area contributed by atoms with Gasteiger partial charge in [0.15, 0.2) is 5.60 Å². The van der Waals surface area contributed by atoms with Crippen molar-refractivity contribution in [2.75, 3.05) is 0 Å². The summed E-state index contributed by atoms with van der Waals surface area (Å²) < 4.78 is 28.9. The summed E-state index contributed by atoms with van der Waals surface area (Å²) in [6.45, 7) is 0. The molecule has 0 fully saturated rings. The number of carboxylic acid groups (broad SMARTS) is 3. The molecule has 0 bridgehead atoms. The molecule has 0 rings (SSSR count). The number of carboxylic acids is 3. The predicted molar refractivity (Wildman–Crippen MR) is 66.1 cm³/mol. The van der Waals surface area contributed by atoms with Gasteiger partial charge < -0.3 is 30.0 Å². The Morgan fingerprint density at radius 1 is 0.913 bits per heavy atom. The molecular formula is C6H11FeNaO13P2. The van der Waals surface area contributed by atoms with E-state index in [1.165, 1.54) is 0 Å². The van der Waals surface area contributed by atoms with Crippen LogP contribution in [0.3, 0.4) is 0 Å². The van der Waals surface area contributed by atoms with Crippen molar-refractivity contribution in [2.45, 2.75) is 18.4 Å². The van der Waals surface area contributed by atoms with Crippen LogP contribution in [0.2, 0.25) is 0 Å². The molecule has 0 spiro atoms. The molecule has 0 aliphatic rings. The first-order valence-corrected chi connectivity index (χ1v) is 7.69. The van der Waals surface area contributed by atoms with Gasteiger partial charge in [-0.25, -0.2) is 13.9 Å². The van der Waals surface area contributed by atoms with Crippen LogP contribution in [0.4, 0.5) is 0 Å². The number of phosphoric ester groups is 1. The van der Waals surface area contributed by atoms with Crippen LogP contribution in [0.5, 0.6) is 0 Å². The average Bonchev–Trinajstić information content (AvgIpc) is 2.08.